The van der Waals surface area contributed by atoms with Crippen LogP contribution in [0.25, 0.3) is 10.8 Å². The van der Waals surface area contributed by atoms with Crippen LogP contribution in [-0.4, -0.2) is 25.9 Å². The van der Waals surface area contributed by atoms with Crippen LogP contribution in [0.2, 0.25) is 0 Å². The molecule has 0 aliphatic carbocycles. The van der Waals surface area contributed by atoms with Gasteiger partial charge in [0, 0.05) is 11.6 Å². The maximum atomic E-state index is 6.18. The zero-order chi connectivity index (χ0) is 15.0. The summed E-state index contributed by atoms with van der Waals surface area (Å²) in [5.41, 5.74) is 0.778. The first-order valence-corrected chi connectivity index (χ1v) is 7.39. The van der Waals surface area contributed by atoms with E-state index >= 15 is 0 Å². The van der Waals surface area contributed by atoms with Crippen LogP contribution in [0.3, 0.4) is 0 Å². The second kappa shape index (κ2) is 5.36. The predicted octanol–water partition coefficient (Wildman–Crippen LogP) is 3.15. The van der Waals surface area contributed by atoms with Crippen molar-refractivity contribution >= 4 is 23.4 Å². The Kier molecular flexibility index (Phi) is 3.68. The molecule has 1 aliphatic rings. The second-order valence-corrected chi connectivity index (χ2v) is 6.26. The molecule has 1 unspecified atom stereocenters. The fraction of sp³-hybridized carbons (Fsp3) is 0.412. The zero-order valence-corrected chi connectivity index (χ0v) is 13.1. The molecule has 1 atom stereocenters. The van der Waals surface area contributed by atoms with E-state index < -0.39 is 7.12 Å². The molecule has 2 aromatic rings. The molecule has 1 heterocycles. The molecule has 2 aromatic carbocycles. The normalized spacial score (nSPS) is 21.5. The maximum Gasteiger partial charge on any atom is 0.498 e. The van der Waals surface area contributed by atoms with Gasteiger partial charge in [-0.3, -0.25) is 0 Å². The van der Waals surface area contributed by atoms with Crippen molar-refractivity contribution in [2.24, 2.45) is 0 Å². The third-order valence-electron chi connectivity index (χ3n) is 3.95. The number of fused-ring (bicyclic) bond motifs is 1. The summed E-state index contributed by atoms with van der Waals surface area (Å²) in [4.78, 5) is 0. The van der Waals surface area contributed by atoms with E-state index in [1.54, 1.807) is 7.11 Å². The van der Waals surface area contributed by atoms with Crippen LogP contribution in [0.15, 0.2) is 36.4 Å². The van der Waals surface area contributed by atoms with Gasteiger partial charge in [0.15, 0.2) is 0 Å². The van der Waals surface area contributed by atoms with Gasteiger partial charge in [0.2, 0.25) is 0 Å². The van der Waals surface area contributed by atoms with Crippen LogP contribution >= 0.6 is 0 Å². The van der Waals surface area contributed by atoms with E-state index in [9.17, 15) is 0 Å². The minimum absolute atomic E-state index is 0.155. The van der Waals surface area contributed by atoms with E-state index in [0.717, 1.165) is 28.4 Å². The van der Waals surface area contributed by atoms with Gasteiger partial charge in [-0.2, -0.15) is 0 Å². The Bertz CT molecular complexity index is 654. The van der Waals surface area contributed by atoms with Gasteiger partial charge in [-0.25, -0.2) is 0 Å². The van der Waals surface area contributed by atoms with E-state index in [-0.39, 0.29) is 11.7 Å². The lowest BCUT2D eigenvalue weighted by Gasteiger charge is -2.38. The molecule has 0 N–H and O–H groups in total. The Morgan fingerprint density at radius 2 is 1.95 bits per heavy atom. The molecular weight excluding hydrogens is 263 g/mol. The van der Waals surface area contributed by atoms with Gasteiger partial charge in [-0.05, 0) is 44.0 Å². The van der Waals surface area contributed by atoms with Gasteiger partial charge >= 0.3 is 7.12 Å². The highest BCUT2D eigenvalue weighted by molar-refractivity contribution is 6.65. The van der Waals surface area contributed by atoms with Gasteiger partial charge in [0.05, 0.1) is 12.7 Å². The van der Waals surface area contributed by atoms with Crippen LogP contribution < -0.4 is 10.2 Å². The summed E-state index contributed by atoms with van der Waals surface area (Å²) in [6, 6.07) is 12.3. The first kappa shape index (κ1) is 14.4. The van der Waals surface area contributed by atoms with Crippen molar-refractivity contribution in [1.82, 2.24) is 0 Å². The summed E-state index contributed by atoms with van der Waals surface area (Å²) < 4.78 is 17.8. The van der Waals surface area contributed by atoms with Crippen LogP contribution in [-0.2, 0) is 9.31 Å². The number of ether oxygens (including phenoxy) is 1. The van der Waals surface area contributed by atoms with Crippen molar-refractivity contribution in [3.8, 4) is 5.75 Å². The van der Waals surface area contributed by atoms with Crippen LogP contribution in [0.5, 0.6) is 5.75 Å². The van der Waals surface area contributed by atoms with Gasteiger partial charge in [0.25, 0.3) is 0 Å². The molecule has 0 radical (unpaired) electrons. The van der Waals surface area contributed by atoms with Gasteiger partial charge < -0.3 is 14.0 Å². The first-order chi connectivity index (χ1) is 10.00. The molecule has 4 heteroatoms. The lowest BCUT2D eigenvalue weighted by Crippen LogP contribution is -2.52. The van der Waals surface area contributed by atoms with E-state index in [1.807, 2.05) is 18.2 Å². The monoisotopic (exact) mass is 284 g/mol. The Morgan fingerprint density at radius 3 is 2.67 bits per heavy atom. The quantitative estimate of drug-likeness (QED) is 0.793. The van der Waals surface area contributed by atoms with Crippen molar-refractivity contribution in [3.05, 3.63) is 36.4 Å². The average Bonchev–Trinajstić information content (AvgIpc) is 2.43. The van der Waals surface area contributed by atoms with Gasteiger partial charge in [0.1, 0.15) is 5.75 Å². The number of methoxy groups -OCH3 is 1. The number of benzene rings is 2. The number of hydrogen-bond acceptors (Lipinski definition) is 3. The average molecular weight is 284 g/mol. The van der Waals surface area contributed by atoms with E-state index in [2.05, 4.69) is 39.0 Å². The molecule has 0 saturated carbocycles. The van der Waals surface area contributed by atoms with E-state index in [1.165, 1.54) is 0 Å². The largest absolute Gasteiger partial charge is 0.498 e. The summed E-state index contributed by atoms with van der Waals surface area (Å²) in [7, 11) is 1.29. The summed E-state index contributed by atoms with van der Waals surface area (Å²) in [6.45, 7) is 6.31. The minimum atomic E-state index is -0.398. The molecular formula is C17H21BO3. The minimum Gasteiger partial charge on any atom is -0.497 e. The highest BCUT2D eigenvalue weighted by Crippen LogP contribution is 2.29. The Balaban J connectivity index is 2.14. The maximum absolute atomic E-state index is 6.18. The number of hydrogen-bond donors (Lipinski definition) is 0. The Hall–Kier alpha value is -1.52. The van der Waals surface area contributed by atoms with Crippen LogP contribution in [0, 0.1) is 0 Å². The van der Waals surface area contributed by atoms with Crippen LogP contribution in [0.1, 0.15) is 27.2 Å². The SMILES string of the molecule is COc1ccc2ccccc2c1B1OC(C)CC(C)(C)O1. The van der Waals surface area contributed by atoms with E-state index in [0.29, 0.717) is 0 Å². The third kappa shape index (κ3) is 2.78. The van der Waals surface area contributed by atoms with Crippen LogP contribution in [0.4, 0.5) is 0 Å². The lowest BCUT2D eigenvalue weighted by molar-refractivity contribution is -0.0229. The van der Waals surface area contributed by atoms with E-state index in [4.69, 9.17) is 14.0 Å². The molecule has 110 valence electrons. The van der Waals surface area contributed by atoms with Gasteiger partial charge in [-0.1, -0.05) is 30.3 Å². The molecule has 3 nitrogen and oxygen atoms in total. The lowest BCUT2D eigenvalue weighted by atomic mass is 9.72. The summed E-state index contributed by atoms with van der Waals surface area (Å²) >= 11 is 0. The molecule has 1 aliphatic heterocycles. The first-order valence-electron chi connectivity index (χ1n) is 7.39. The van der Waals surface area contributed by atoms with Crippen molar-refractivity contribution in [1.29, 1.82) is 0 Å². The molecule has 21 heavy (non-hydrogen) atoms. The summed E-state index contributed by atoms with van der Waals surface area (Å²) in [5.74, 6) is 0.809. The second-order valence-electron chi connectivity index (χ2n) is 6.26. The summed E-state index contributed by atoms with van der Waals surface area (Å²) in [5, 5.41) is 2.28. The summed E-state index contributed by atoms with van der Waals surface area (Å²) in [6.07, 6.45) is 1.04. The van der Waals surface area contributed by atoms with Crippen molar-refractivity contribution in [3.63, 3.8) is 0 Å². The molecule has 0 amide bonds. The molecule has 3 rings (SSSR count). The fourth-order valence-corrected chi connectivity index (χ4v) is 3.14. The highest BCUT2D eigenvalue weighted by atomic mass is 16.6. The smallest absolute Gasteiger partial charge is 0.497 e. The zero-order valence-electron chi connectivity index (χ0n) is 13.1. The van der Waals surface area contributed by atoms with Crippen molar-refractivity contribution < 1.29 is 14.0 Å². The topological polar surface area (TPSA) is 27.7 Å². The fourth-order valence-electron chi connectivity index (χ4n) is 3.14. The van der Waals surface area contributed by atoms with Crippen molar-refractivity contribution in [2.75, 3.05) is 7.11 Å². The Morgan fingerprint density at radius 1 is 1.19 bits per heavy atom. The molecule has 1 saturated heterocycles. The molecule has 0 bridgehead atoms. The molecule has 0 aromatic heterocycles. The molecule has 0 spiro atoms. The molecule has 1 fully saturated rings. The highest BCUT2D eigenvalue weighted by Gasteiger charge is 2.40. The van der Waals surface area contributed by atoms with Gasteiger partial charge in [-0.15, -0.1) is 0 Å². The standard InChI is InChI=1S/C17H21BO3/c1-12-11-17(2,3)21-18(20-12)16-14-8-6-5-7-13(14)9-10-15(16)19-4/h5-10,12H,11H2,1-4H3. The number of rotatable bonds is 2. The predicted molar refractivity (Wildman–Crippen MR) is 86.2 cm³/mol. The Labute approximate surface area is 126 Å². The third-order valence-corrected chi connectivity index (χ3v) is 3.95. The van der Waals surface area contributed by atoms with Crippen molar-refractivity contribution in [2.45, 2.75) is 38.9 Å².